The van der Waals surface area contributed by atoms with Crippen LogP contribution in [-0.4, -0.2) is 36.4 Å². The van der Waals surface area contributed by atoms with Crippen molar-refractivity contribution in [3.05, 3.63) is 24.3 Å². The summed E-state index contributed by atoms with van der Waals surface area (Å²) in [4.78, 5) is 16.3. The molecule has 1 aromatic carbocycles. The van der Waals surface area contributed by atoms with Crippen LogP contribution < -0.4 is 10.0 Å². The van der Waals surface area contributed by atoms with Gasteiger partial charge >= 0.3 is 0 Å². The highest BCUT2D eigenvalue weighted by Gasteiger charge is 2.34. The van der Waals surface area contributed by atoms with Crippen molar-refractivity contribution in [3.63, 3.8) is 0 Å². The van der Waals surface area contributed by atoms with Gasteiger partial charge in [0, 0.05) is 4.75 Å². The van der Waals surface area contributed by atoms with Crippen molar-refractivity contribution < 1.29 is 17.6 Å². The van der Waals surface area contributed by atoms with Crippen LogP contribution >= 0.6 is 12.6 Å². The summed E-state index contributed by atoms with van der Waals surface area (Å²) in [5, 5.41) is 2.77. The number of nitrogens with one attached hydrogen (secondary N) is 2. The minimum Gasteiger partial charge on any atom is -0.414 e. The average molecular weight is 341 g/mol. The zero-order valence-electron chi connectivity index (χ0n) is 12.2. The predicted molar refractivity (Wildman–Crippen MR) is 85.1 cm³/mol. The lowest BCUT2D eigenvalue weighted by atomic mass is 10.0. The minimum absolute atomic E-state index is 0.0710. The van der Waals surface area contributed by atoms with Crippen molar-refractivity contribution in [2.75, 3.05) is 11.6 Å². The Kier molecular flexibility index (Phi) is 4.26. The number of carbonyl (C=O) groups is 1. The second kappa shape index (κ2) is 5.70. The molecule has 2 rings (SSSR count). The van der Waals surface area contributed by atoms with Gasteiger partial charge in [0.2, 0.25) is 15.6 Å². The first-order valence-electron chi connectivity index (χ1n) is 6.26. The zero-order valence-corrected chi connectivity index (χ0v) is 13.9. The van der Waals surface area contributed by atoms with Crippen LogP contribution in [0.2, 0.25) is 0 Å². The Morgan fingerprint density at radius 1 is 1.50 bits per heavy atom. The molecule has 7 nitrogen and oxygen atoms in total. The summed E-state index contributed by atoms with van der Waals surface area (Å²) >= 11 is 4.33. The Balaban J connectivity index is 2.28. The molecule has 0 bridgehead atoms. The lowest BCUT2D eigenvalue weighted by Crippen LogP contribution is -2.51. The summed E-state index contributed by atoms with van der Waals surface area (Å²) in [6.07, 6.45) is 0.901. The van der Waals surface area contributed by atoms with E-state index in [9.17, 15) is 13.2 Å². The fourth-order valence-electron chi connectivity index (χ4n) is 1.75. The van der Waals surface area contributed by atoms with Crippen LogP contribution in [0.25, 0.3) is 11.1 Å². The van der Waals surface area contributed by atoms with Crippen LogP contribution in [0.3, 0.4) is 0 Å². The molecule has 2 N–H and O–H groups in total. The number of aromatic nitrogens is 1. The third-order valence-electron chi connectivity index (χ3n) is 2.69. The number of oxazole rings is 1. The Bertz CT molecular complexity index is 760. The zero-order chi connectivity index (χ0) is 16.5. The summed E-state index contributed by atoms with van der Waals surface area (Å²) in [5.41, 5.74) is 0.921. The van der Waals surface area contributed by atoms with Gasteiger partial charge in [0.1, 0.15) is 11.6 Å². The molecule has 0 saturated heterocycles. The molecule has 0 fully saturated rings. The number of thiol groups is 1. The molecule has 2 aromatic rings. The fraction of sp³-hybridized carbons (Fsp3) is 0.385. The van der Waals surface area contributed by atoms with Crippen LogP contribution in [-0.2, 0) is 14.8 Å². The van der Waals surface area contributed by atoms with Gasteiger partial charge in [-0.1, -0.05) is 6.07 Å². The maximum absolute atomic E-state index is 12.1. The first kappa shape index (κ1) is 16.5. The fourth-order valence-corrected chi connectivity index (χ4v) is 2.42. The minimum atomic E-state index is -3.68. The third-order valence-corrected chi connectivity index (χ3v) is 3.52. The largest absolute Gasteiger partial charge is 0.414 e. The molecule has 1 amide bonds. The van der Waals surface area contributed by atoms with E-state index in [1.165, 1.54) is 0 Å². The number of hydrogen-bond donors (Lipinski definition) is 3. The number of rotatable bonds is 5. The number of sulfonamides is 1. The highest BCUT2D eigenvalue weighted by atomic mass is 32.2. The molecular weight excluding hydrogens is 326 g/mol. The van der Waals surface area contributed by atoms with E-state index in [0.717, 1.165) is 6.26 Å². The normalized spacial score (nSPS) is 13.5. The highest BCUT2D eigenvalue weighted by Crippen LogP contribution is 2.24. The molecule has 0 unspecified atom stereocenters. The summed E-state index contributed by atoms with van der Waals surface area (Å²) in [6, 6.07) is 7.86. The van der Waals surface area contributed by atoms with E-state index in [0.29, 0.717) is 11.1 Å². The summed E-state index contributed by atoms with van der Waals surface area (Å²) in [7, 11) is -3.68. The summed E-state index contributed by atoms with van der Waals surface area (Å²) in [5.74, 6) is -0.750. The van der Waals surface area contributed by atoms with Gasteiger partial charge in [0.15, 0.2) is 0 Å². The molecule has 0 spiro atoms. The molecule has 1 aromatic heterocycles. The van der Waals surface area contributed by atoms with Crippen LogP contribution in [0.4, 0.5) is 6.01 Å². The molecule has 1 heterocycles. The SMILES string of the molecule is CC(C)(S)[C@@H](Nc1nc2ccc#cc2o1)C(=O)NS(C)(=O)=O. The van der Waals surface area contributed by atoms with E-state index in [1.54, 1.807) is 26.0 Å². The molecule has 0 saturated carbocycles. The van der Waals surface area contributed by atoms with E-state index < -0.39 is 26.7 Å². The molecule has 1 atom stereocenters. The van der Waals surface area contributed by atoms with E-state index in [2.05, 4.69) is 35.1 Å². The molecule has 22 heavy (non-hydrogen) atoms. The van der Waals surface area contributed by atoms with Crippen molar-refractivity contribution in [3.8, 4) is 0 Å². The molecule has 0 aliphatic heterocycles. The van der Waals surface area contributed by atoms with E-state index in [-0.39, 0.29) is 6.01 Å². The van der Waals surface area contributed by atoms with Crippen molar-refractivity contribution in [1.82, 2.24) is 9.71 Å². The number of nitrogens with zero attached hydrogens (tertiary/aromatic N) is 1. The molecular formula is C13H15N3O4S2. The topological polar surface area (TPSA) is 101 Å². The monoisotopic (exact) mass is 341 g/mol. The third kappa shape index (κ3) is 4.05. The Morgan fingerprint density at radius 3 is 2.73 bits per heavy atom. The van der Waals surface area contributed by atoms with Gasteiger partial charge < -0.3 is 9.73 Å². The number of fused-ring (bicyclic) bond motifs is 1. The Hall–Kier alpha value is -1.92. The number of anilines is 1. The maximum Gasteiger partial charge on any atom is 0.297 e. The number of carbonyl (C=O) groups excluding carboxylic acids is 1. The first-order chi connectivity index (χ1) is 10.1. The second-order valence-corrected chi connectivity index (χ2v) is 8.21. The van der Waals surface area contributed by atoms with Crippen molar-refractivity contribution in [2.45, 2.75) is 24.6 Å². The molecule has 0 radical (unpaired) electrons. The van der Waals surface area contributed by atoms with E-state index in [4.69, 9.17) is 4.42 Å². The number of amides is 1. The van der Waals surface area contributed by atoms with Crippen LogP contribution in [0, 0.1) is 12.1 Å². The van der Waals surface area contributed by atoms with Gasteiger partial charge in [-0.15, -0.1) is 0 Å². The van der Waals surface area contributed by atoms with Crippen molar-refractivity contribution in [2.24, 2.45) is 0 Å². The van der Waals surface area contributed by atoms with Crippen LogP contribution in [0.5, 0.6) is 0 Å². The molecule has 0 aliphatic rings. The van der Waals surface area contributed by atoms with Gasteiger partial charge in [-0.05, 0) is 32.0 Å². The first-order valence-corrected chi connectivity index (χ1v) is 8.59. The summed E-state index contributed by atoms with van der Waals surface area (Å²) < 4.78 is 28.9. The smallest absolute Gasteiger partial charge is 0.297 e. The number of hydrogen-bond acceptors (Lipinski definition) is 7. The van der Waals surface area contributed by atoms with Gasteiger partial charge in [0.05, 0.1) is 6.26 Å². The van der Waals surface area contributed by atoms with E-state index >= 15 is 0 Å². The van der Waals surface area contributed by atoms with Gasteiger partial charge in [0.25, 0.3) is 11.9 Å². The Morgan fingerprint density at radius 2 is 2.18 bits per heavy atom. The van der Waals surface area contributed by atoms with Crippen LogP contribution in [0.1, 0.15) is 13.8 Å². The molecule has 118 valence electrons. The maximum atomic E-state index is 12.1. The molecule has 0 aliphatic carbocycles. The highest BCUT2D eigenvalue weighted by molar-refractivity contribution is 7.89. The average Bonchev–Trinajstić information content (AvgIpc) is 2.74. The van der Waals surface area contributed by atoms with Gasteiger partial charge in [-0.3, -0.25) is 9.52 Å². The second-order valence-electron chi connectivity index (χ2n) is 5.31. The Labute approximate surface area is 133 Å². The predicted octanol–water partition coefficient (Wildman–Crippen LogP) is 0.993. The van der Waals surface area contributed by atoms with Crippen LogP contribution in [0.15, 0.2) is 16.5 Å². The van der Waals surface area contributed by atoms with Crippen molar-refractivity contribution >= 4 is 45.7 Å². The van der Waals surface area contributed by atoms with E-state index in [1.807, 2.05) is 4.72 Å². The quantitative estimate of drug-likeness (QED) is 0.701. The standard InChI is InChI=1S/C13H15N3O4S2/c1-13(2,21)10(11(17)16-22(3,18)19)15-12-14-8-6-4-5-7-9(8)20-12/h4,6,10,21H,1-3H3,(H,14,15)(H,16,17)/t10-/m0/s1. The lowest BCUT2D eigenvalue weighted by molar-refractivity contribution is -0.120. The van der Waals surface area contributed by atoms with Crippen molar-refractivity contribution in [1.29, 1.82) is 0 Å². The molecule has 9 heteroatoms. The lowest BCUT2D eigenvalue weighted by Gasteiger charge is -2.28. The van der Waals surface area contributed by atoms with Gasteiger partial charge in [-0.2, -0.15) is 17.6 Å². The summed E-state index contributed by atoms with van der Waals surface area (Å²) in [6.45, 7) is 3.33. The van der Waals surface area contributed by atoms with Gasteiger partial charge in [-0.25, -0.2) is 8.42 Å².